The van der Waals surface area contributed by atoms with Crippen molar-refractivity contribution in [2.45, 2.75) is 0 Å². The van der Waals surface area contributed by atoms with E-state index < -0.39 is 9.85 Å². The molecule has 0 fully saturated rings. The SMILES string of the molecule is O=[N+]([O-])c1ccc(-c2ccc(/C=N/Nc3ncccc3[N+](=O)[O-])o2)cc1. The highest BCUT2D eigenvalue weighted by Gasteiger charge is 2.13. The van der Waals surface area contributed by atoms with Gasteiger partial charge in [0, 0.05) is 30.0 Å². The molecule has 2 heterocycles. The van der Waals surface area contributed by atoms with Gasteiger partial charge in [0.1, 0.15) is 11.5 Å². The Kier molecular flexibility index (Phi) is 4.65. The molecule has 10 heteroatoms. The van der Waals surface area contributed by atoms with Crippen molar-refractivity contribution in [3.63, 3.8) is 0 Å². The minimum atomic E-state index is -0.565. The van der Waals surface area contributed by atoms with Crippen LogP contribution < -0.4 is 5.43 Å². The molecule has 0 aliphatic heterocycles. The lowest BCUT2D eigenvalue weighted by molar-refractivity contribution is -0.384. The van der Waals surface area contributed by atoms with E-state index >= 15 is 0 Å². The van der Waals surface area contributed by atoms with E-state index in [9.17, 15) is 20.2 Å². The number of hydrogen-bond donors (Lipinski definition) is 1. The predicted molar refractivity (Wildman–Crippen MR) is 92.9 cm³/mol. The van der Waals surface area contributed by atoms with Gasteiger partial charge in [-0.05, 0) is 30.3 Å². The van der Waals surface area contributed by atoms with E-state index in [2.05, 4.69) is 15.5 Å². The number of non-ortho nitro benzene ring substituents is 1. The van der Waals surface area contributed by atoms with Crippen LogP contribution in [0.5, 0.6) is 0 Å². The first-order valence-corrected chi connectivity index (χ1v) is 7.28. The van der Waals surface area contributed by atoms with Crippen molar-refractivity contribution >= 4 is 23.4 Å². The van der Waals surface area contributed by atoms with Crippen molar-refractivity contribution in [3.05, 3.63) is 80.7 Å². The summed E-state index contributed by atoms with van der Waals surface area (Å²) in [6.07, 6.45) is 2.75. The Morgan fingerprint density at radius 1 is 1.04 bits per heavy atom. The lowest BCUT2D eigenvalue weighted by Gasteiger charge is -1.99. The maximum Gasteiger partial charge on any atom is 0.313 e. The van der Waals surface area contributed by atoms with Gasteiger partial charge in [-0.2, -0.15) is 5.10 Å². The van der Waals surface area contributed by atoms with Crippen LogP contribution in [0.25, 0.3) is 11.3 Å². The van der Waals surface area contributed by atoms with Crippen molar-refractivity contribution < 1.29 is 14.3 Å². The Hall–Kier alpha value is -4.08. The van der Waals surface area contributed by atoms with Gasteiger partial charge >= 0.3 is 5.69 Å². The topological polar surface area (TPSA) is 137 Å². The van der Waals surface area contributed by atoms with Gasteiger partial charge in [-0.1, -0.05) is 0 Å². The first-order valence-electron chi connectivity index (χ1n) is 7.28. The third kappa shape index (κ3) is 3.70. The maximum atomic E-state index is 10.9. The number of nitrogens with one attached hydrogen (secondary N) is 1. The van der Waals surface area contributed by atoms with Crippen LogP contribution in [0.4, 0.5) is 17.2 Å². The standard InChI is InChI=1S/C16H11N5O5/c22-20(23)12-5-3-11(4-6-12)15-8-7-13(26-15)10-18-19-16-14(21(24)25)2-1-9-17-16/h1-10H,(H,17,19)/b18-10+. The molecule has 3 aromatic rings. The molecule has 0 radical (unpaired) electrons. The third-order valence-corrected chi connectivity index (χ3v) is 3.33. The van der Waals surface area contributed by atoms with E-state index in [1.54, 1.807) is 24.3 Å². The maximum absolute atomic E-state index is 10.9. The number of nitro groups is 2. The minimum Gasteiger partial charge on any atom is -0.455 e. The van der Waals surface area contributed by atoms with E-state index in [1.165, 1.54) is 36.7 Å². The number of nitro benzene ring substituents is 1. The lowest BCUT2D eigenvalue weighted by atomic mass is 10.1. The number of pyridine rings is 1. The molecule has 1 N–H and O–H groups in total. The number of hydrogen-bond acceptors (Lipinski definition) is 8. The summed E-state index contributed by atoms with van der Waals surface area (Å²) in [7, 11) is 0. The fraction of sp³-hybridized carbons (Fsp3) is 0. The van der Waals surface area contributed by atoms with Crippen LogP contribution in [0.1, 0.15) is 5.76 Å². The second-order valence-electron chi connectivity index (χ2n) is 5.00. The van der Waals surface area contributed by atoms with Gasteiger partial charge in [-0.15, -0.1) is 0 Å². The first-order chi connectivity index (χ1) is 12.5. The highest BCUT2D eigenvalue weighted by Crippen LogP contribution is 2.24. The lowest BCUT2D eigenvalue weighted by Crippen LogP contribution is -1.98. The minimum absolute atomic E-state index is 0.0101. The van der Waals surface area contributed by atoms with Crippen molar-refractivity contribution in [1.82, 2.24) is 4.98 Å². The third-order valence-electron chi connectivity index (χ3n) is 3.33. The first kappa shape index (κ1) is 16.8. The zero-order chi connectivity index (χ0) is 18.5. The quantitative estimate of drug-likeness (QED) is 0.406. The fourth-order valence-electron chi connectivity index (χ4n) is 2.11. The number of hydrazone groups is 1. The Morgan fingerprint density at radius 2 is 1.81 bits per heavy atom. The van der Waals surface area contributed by atoms with Crippen LogP contribution >= 0.6 is 0 Å². The van der Waals surface area contributed by atoms with Crippen LogP contribution in [-0.2, 0) is 0 Å². The van der Waals surface area contributed by atoms with E-state index in [-0.39, 0.29) is 17.2 Å². The second kappa shape index (κ2) is 7.21. The summed E-state index contributed by atoms with van der Waals surface area (Å²) < 4.78 is 5.57. The molecular weight excluding hydrogens is 342 g/mol. The Labute approximate surface area is 146 Å². The van der Waals surface area contributed by atoms with Gasteiger partial charge in [0.05, 0.1) is 16.1 Å². The molecule has 0 aliphatic rings. The molecule has 10 nitrogen and oxygen atoms in total. The normalized spacial score (nSPS) is 10.8. The number of anilines is 1. The van der Waals surface area contributed by atoms with E-state index in [0.29, 0.717) is 17.1 Å². The predicted octanol–water partition coefficient (Wildman–Crippen LogP) is 3.60. The molecule has 2 aromatic heterocycles. The molecule has 3 rings (SSSR count). The van der Waals surface area contributed by atoms with Crippen LogP contribution in [0.2, 0.25) is 0 Å². The van der Waals surface area contributed by atoms with Gasteiger partial charge in [0.2, 0.25) is 5.82 Å². The molecule has 0 saturated heterocycles. The summed E-state index contributed by atoms with van der Waals surface area (Å²) in [6.45, 7) is 0. The Bertz CT molecular complexity index is 981. The summed E-state index contributed by atoms with van der Waals surface area (Å²) in [5.74, 6) is 0.908. The summed E-state index contributed by atoms with van der Waals surface area (Å²) in [4.78, 5) is 24.4. The number of benzene rings is 1. The molecule has 0 amide bonds. The smallest absolute Gasteiger partial charge is 0.313 e. The average molecular weight is 353 g/mol. The van der Waals surface area contributed by atoms with Gasteiger partial charge in [-0.25, -0.2) is 4.98 Å². The molecule has 0 spiro atoms. The number of nitrogens with zero attached hydrogens (tertiary/aromatic N) is 4. The molecule has 1 aromatic carbocycles. The monoisotopic (exact) mass is 353 g/mol. The highest BCUT2D eigenvalue weighted by molar-refractivity contribution is 5.78. The molecule has 0 saturated carbocycles. The highest BCUT2D eigenvalue weighted by atomic mass is 16.6. The molecule has 0 bridgehead atoms. The van der Waals surface area contributed by atoms with E-state index in [0.717, 1.165) is 0 Å². The molecule has 130 valence electrons. The van der Waals surface area contributed by atoms with Crippen LogP contribution in [-0.4, -0.2) is 21.0 Å². The number of aromatic nitrogens is 1. The van der Waals surface area contributed by atoms with E-state index in [1.807, 2.05) is 0 Å². The fourth-order valence-corrected chi connectivity index (χ4v) is 2.11. The van der Waals surface area contributed by atoms with Crippen molar-refractivity contribution in [3.8, 4) is 11.3 Å². The van der Waals surface area contributed by atoms with Gasteiger partial charge in [0.15, 0.2) is 0 Å². The van der Waals surface area contributed by atoms with Crippen LogP contribution in [0, 0.1) is 20.2 Å². The van der Waals surface area contributed by atoms with Crippen LogP contribution in [0.15, 0.2) is 64.2 Å². The molecule has 0 aliphatic carbocycles. The molecule has 0 atom stereocenters. The summed E-state index contributed by atoms with van der Waals surface area (Å²) in [5.41, 5.74) is 2.95. The Balaban J connectivity index is 1.71. The molecule has 0 unspecified atom stereocenters. The zero-order valence-electron chi connectivity index (χ0n) is 13.1. The largest absolute Gasteiger partial charge is 0.455 e. The van der Waals surface area contributed by atoms with Gasteiger partial charge in [-0.3, -0.25) is 25.7 Å². The number of rotatable bonds is 6. The van der Waals surface area contributed by atoms with Gasteiger partial charge < -0.3 is 4.42 Å². The zero-order valence-corrected chi connectivity index (χ0v) is 13.1. The van der Waals surface area contributed by atoms with Crippen molar-refractivity contribution in [2.75, 3.05) is 5.43 Å². The number of furan rings is 1. The van der Waals surface area contributed by atoms with Crippen molar-refractivity contribution in [1.29, 1.82) is 0 Å². The second-order valence-corrected chi connectivity index (χ2v) is 5.00. The summed E-state index contributed by atoms with van der Waals surface area (Å²) in [6, 6.07) is 12.0. The van der Waals surface area contributed by atoms with Gasteiger partial charge in [0.25, 0.3) is 5.69 Å². The van der Waals surface area contributed by atoms with E-state index in [4.69, 9.17) is 4.42 Å². The Morgan fingerprint density at radius 3 is 2.50 bits per heavy atom. The summed E-state index contributed by atoms with van der Waals surface area (Å²) in [5, 5.41) is 25.4. The average Bonchev–Trinajstić information content (AvgIpc) is 3.11. The molecule has 26 heavy (non-hydrogen) atoms. The molecular formula is C16H11N5O5. The van der Waals surface area contributed by atoms with Crippen molar-refractivity contribution in [2.24, 2.45) is 5.10 Å². The van der Waals surface area contributed by atoms with Crippen LogP contribution in [0.3, 0.4) is 0 Å². The summed E-state index contributed by atoms with van der Waals surface area (Å²) >= 11 is 0.